The summed E-state index contributed by atoms with van der Waals surface area (Å²) < 4.78 is 11.1. The number of thioether (sulfide) groups is 1. The monoisotopic (exact) mass is 484 g/mol. The summed E-state index contributed by atoms with van der Waals surface area (Å²) >= 11 is 1.42. The number of carbonyl (C=O) groups is 2. The van der Waals surface area contributed by atoms with Crippen molar-refractivity contribution in [2.45, 2.75) is 17.1 Å². The molecule has 2 N–H and O–H groups in total. The summed E-state index contributed by atoms with van der Waals surface area (Å²) in [5, 5.41) is 7.64. The maximum atomic E-state index is 12.8. The first-order chi connectivity index (χ1) is 17.0. The van der Waals surface area contributed by atoms with Gasteiger partial charge in [-0.1, -0.05) is 36.4 Å². The van der Waals surface area contributed by atoms with Crippen LogP contribution in [-0.4, -0.2) is 30.3 Å². The zero-order valence-electron chi connectivity index (χ0n) is 19.1. The van der Waals surface area contributed by atoms with Crippen molar-refractivity contribution in [3.63, 3.8) is 0 Å². The summed E-state index contributed by atoms with van der Waals surface area (Å²) in [6.45, 7) is 2.86. The van der Waals surface area contributed by atoms with Crippen LogP contribution in [0.5, 0.6) is 11.5 Å². The molecule has 7 heteroatoms. The van der Waals surface area contributed by atoms with E-state index in [1.54, 1.807) is 18.2 Å². The van der Waals surface area contributed by atoms with Crippen LogP contribution in [0.1, 0.15) is 17.3 Å². The number of carbonyl (C=O) groups excluding carboxylic acids is 2. The molecular formula is C28H24N2O4S. The molecule has 1 atom stereocenters. The van der Waals surface area contributed by atoms with Crippen LogP contribution >= 0.6 is 11.8 Å². The van der Waals surface area contributed by atoms with E-state index in [0.717, 1.165) is 15.7 Å². The third-order valence-corrected chi connectivity index (χ3v) is 6.69. The van der Waals surface area contributed by atoms with Gasteiger partial charge < -0.3 is 20.1 Å². The van der Waals surface area contributed by atoms with E-state index in [1.807, 2.05) is 73.7 Å². The van der Waals surface area contributed by atoms with Gasteiger partial charge >= 0.3 is 0 Å². The number of anilines is 2. The second-order valence-corrected chi connectivity index (χ2v) is 9.57. The summed E-state index contributed by atoms with van der Waals surface area (Å²) in [6, 6.07) is 26.4. The summed E-state index contributed by atoms with van der Waals surface area (Å²) in [5.74, 6) is 1.00. The lowest BCUT2D eigenvalue weighted by Crippen LogP contribution is -2.22. The molecule has 0 bridgehead atoms. The first-order valence-corrected chi connectivity index (χ1v) is 12.2. The summed E-state index contributed by atoms with van der Waals surface area (Å²) in [7, 11) is 0. The molecule has 176 valence electrons. The fourth-order valence-electron chi connectivity index (χ4n) is 3.80. The minimum absolute atomic E-state index is 0.128. The van der Waals surface area contributed by atoms with Gasteiger partial charge in [0, 0.05) is 27.9 Å². The molecule has 35 heavy (non-hydrogen) atoms. The molecule has 0 aromatic heterocycles. The van der Waals surface area contributed by atoms with Gasteiger partial charge in [0.1, 0.15) is 13.2 Å². The van der Waals surface area contributed by atoms with Crippen molar-refractivity contribution < 1.29 is 19.1 Å². The van der Waals surface area contributed by atoms with Crippen molar-refractivity contribution in [3.05, 3.63) is 90.5 Å². The second-order valence-electron chi connectivity index (χ2n) is 8.15. The topological polar surface area (TPSA) is 76.7 Å². The van der Waals surface area contributed by atoms with Crippen molar-refractivity contribution in [2.24, 2.45) is 0 Å². The molecule has 0 saturated heterocycles. The average Bonchev–Trinajstić information content (AvgIpc) is 2.88. The SMILES string of the molecule is CC(Sc1cccc(NC(=O)c2ccc3ccccc3c2)c1)C(=O)Nc1ccc2c(c1)OCCO2. The fraction of sp³-hybridized carbons (Fsp3) is 0.143. The van der Waals surface area contributed by atoms with Crippen molar-refractivity contribution in [1.82, 2.24) is 0 Å². The molecule has 0 fully saturated rings. The van der Waals surface area contributed by atoms with Crippen LogP contribution in [0.4, 0.5) is 11.4 Å². The summed E-state index contributed by atoms with van der Waals surface area (Å²) in [6.07, 6.45) is 0. The number of fused-ring (bicyclic) bond motifs is 2. The molecule has 1 unspecified atom stereocenters. The van der Waals surface area contributed by atoms with E-state index in [1.165, 1.54) is 11.8 Å². The van der Waals surface area contributed by atoms with E-state index < -0.39 is 0 Å². The smallest absolute Gasteiger partial charge is 0.255 e. The lowest BCUT2D eigenvalue weighted by atomic mass is 10.1. The highest BCUT2D eigenvalue weighted by atomic mass is 32.2. The summed E-state index contributed by atoms with van der Waals surface area (Å²) in [4.78, 5) is 26.5. The Morgan fingerprint density at radius 2 is 1.54 bits per heavy atom. The van der Waals surface area contributed by atoms with E-state index in [-0.39, 0.29) is 17.1 Å². The van der Waals surface area contributed by atoms with Gasteiger partial charge in [0.25, 0.3) is 5.91 Å². The highest BCUT2D eigenvalue weighted by molar-refractivity contribution is 8.00. The van der Waals surface area contributed by atoms with Crippen molar-refractivity contribution >= 4 is 45.7 Å². The van der Waals surface area contributed by atoms with Crippen LogP contribution in [0, 0.1) is 0 Å². The van der Waals surface area contributed by atoms with Crippen LogP contribution in [0.2, 0.25) is 0 Å². The Balaban J connectivity index is 1.22. The Bertz CT molecular complexity index is 1400. The molecule has 4 aromatic carbocycles. The van der Waals surface area contributed by atoms with Crippen molar-refractivity contribution in [3.8, 4) is 11.5 Å². The quantitative estimate of drug-likeness (QED) is 0.329. The molecule has 4 aromatic rings. The van der Waals surface area contributed by atoms with E-state index in [4.69, 9.17) is 9.47 Å². The lowest BCUT2D eigenvalue weighted by molar-refractivity contribution is -0.115. The Kier molecular flexibility index (Phi) is 6.59. The van der Waals surface area contributed by atoms with E-state index >= 15 is 0 Å². The number of amides is 2. The second kappa shape index (κ2) is 10.1. The van der Waals surface area contributed by atoms with Crippen LogP contribution in [0.15, 0.2) is 89.8 Å². The largest absolute Gasteiger partial charge is 0.486 e. The number of hydrogen-bond donors (Lipinski definition) is 2. The maximum Gasteiger partial charge on any atom is 0.255 e. The highest BCUT2D eigenvalue weighted by Crippen LogP contribution is 2.33. The maximum absolute atomic E-state index is 12.8. The van der Waals surface area contributed by atoms with Crippen LogP contribution < -0.4 is 20.1 Å². The van der Waals surface area contributed by atoms with Gasteiger partial charge in [-0.2, -0.15) is 0 Å². The molecule has 0 aliphatic carbocycles. The van der Waals surface area contributed by atoms with Crippen LogP contribution in [0.3, 0.4) is 0 Å². The van der Waals surface area contributed by atoms with Crippen LogP contribution in [0.25, 0.3) is 10.8 Å². The number of hydrogen-bond acceptors (Lipinski definition) is 5. The molecule has 0 spiro atoms. The molecule has 6 nitrogen and oxygen atoms in total. The van der Waals surface area contributed by atoms with Gasteiger partial charge in [-0.25, -0.2) is 0 Å². The normalized spacial score (nSPS) is 13.2. The van der Waals surface area contributed by atoms with E-state index in [0.29, 0.717) is 41.7 Å². The third kappa shape index (κ3) is 5.41. The average molecular weight is 485 g/mol. The fourth-order valence-corrected chi connectivity index (χ4v) is 4.73. The van der Waals surface area contributed by atoms with Gasteiger partial charge in [0.05, 0.1) is 5.25 Å². The van der Waals surface area contributed by atoms with Gasteiger partial charge in [0.15, 0.2) is 11.5 Å². The standard InChI is InChI=1S/C28H24N2O4S/c1-18(27(31)29-23-11-12-25-26(17-23)34-14-13-33-25)35-24-8-4-7-22(16-24)30-28(32)21-10-9-19-5-2-3-6-20(19)15-21/h2-12,15-18H,13-14H2,1H3,(H,29,31)(H,30,32). The van der Waals surface area contributed by atoms with Gasteiger partial charge in [-0.3, -0.25) is 9.59 Å². The Hall–Kier alpha value is -3.97. The molecule has 5 rings (SSSR count). The van der Waals surface area contributed by atoms with Crippen LogP contribution in [-0.2, 0) is 4.79 Å². The minimum Gasteiger partial charge on any atom is -0.486 e. The molecule has 1 heterocycles. The number of benzene rings is 4. The molecule has 2 amide bonds. The van der Waals surface area contributed by atoms with Crippen molar-refractivity contribution in [2.75, 3.05) is 23.8 Å². The minimum atomic E-state index is -0.352. The Morgan fingerprint density at radius 3 is 2.40 bits per heavy atom. The zero-order chi connectivity index (χ0) is 24.2. The van der Waals surface area contributed by atoms with Gasteiger partial charge in [0.2, 0.25) is 5.91 Å². The van der Waals surface area contributed by atoms with Gasteiger partial charge in [-0.15, -0.1) is 11.8 Å². The van der Waals surface area contributed by atoms with E-state index in [9.17, 15) is 9.59 Å². The third-order valence-electron chi connectivity index (χ3n) is 5.60. The molecule has 1 aliphatic rings. The predicted molar refractivity (Wildman–Crippen MR) is 140 cm³/mol. The first-order valence-electron chi connectivity index (χ1n) is 11.3. The summed E-state index contributed by atoms with van der Waals surface area (Å²) in [5.41, 5.74) is 1.92. The first kappa shape index (κ1) is 22.8. The molecule has 0 radical (unpaired) electrons. The molecule has 1 aliphatic heterocycles. The molecule has 0 saturated carbocycles. The van der Waals surface area contributed by atoms with Crippen molar-refractivity contribution in [1.29, 1.82) is 0 Å². The number of rotatable bonds is 6. The number of nitrogens with one attached hydrogen (secondary N) is 2. The van der Waals surface area contributed by atoms with E-state index in [2.05, 4.69) is 10.6 Å². The lowest BCUT2D eigenvalue weighted by Gasteiger charge is -2.19. The number of ether oxygens (including phenoxy) is 2. The molecular weight excluding hydrogens is 460 g/mol. The Morgan fingerprint density at radius 1 is 0.771 bits per heavy atom. The zero-order valence-corrected chi connectivity index (χ0v) is 19.9. The predicted octanol–water partition coefficient (Wildman–Crippen LogP) is 5.98. The van der Waals surface area contributed by atoms with Gasteiger partial charge in [-0.05, 0) is 60.2 Å². The Labute approximate surface area is 207 Å². The highest BCUT2D eigenvalue weighted by Gasteiger charge is 2.17.